The zero-order valence-electron chi connectivity index (χ0n) is 6.64. The van der Waals surface area contributed by atoms with E-state index in [0.717, 1.165) is 0 Å². The van der Waals surface area contributed by atoms with Crippen molar-refractivity contribution in [3.05, 3.63) is 0 Å². The molecular weight excluding hydrogens is 148 g/mol. The Kier molecular flexibility index (Phi) is 2.49. The zero-order chi connectivity index (χ0) is 8.59. The third-order valence-corrected chi connectivity index (χ3v) is 2.12. The highest BCUT2D eigenvalue weighted by atomic mass is 16.6. The zero-order valence-corrected chi connectivity index (χ0v) is 6.64. The number of hydrogen-bond donors (Lipinski definition) is 3. The Balaban J connectivity index is 2.59. The first-order valence-electron chi connectivity index (χ1n) is 3.73. The number of aliphatic hydroxyl groups excluding tert-OH is 3. The molecule has 4 nitrogen and oxygen atoms in total. The Morgan fingerprint density at radius 2 is 1.91 bits per heavy atom. The van der Waals surface area contributed by atoms with Crippen LogP contribution in [-0.2, 0) is 4.74 Å². The summed E-state index contributed by atoms with van der Waals surface area (Å²) in [5.41, 5.74) is 0. The quantitative estimate of drug-likeness (QED) is 0.466. The average Bonchev–Trinajstić information content (AvgIpc) is 2.17. The summed E-state index contributed by atoms with van der Waals surface area (Å²) in [6.45, 7) is 3.31. The lowest BCUT2D eigenvalue weighted by molar-refractivity contribution is -0.143. The lowest BCUT2D eigenvalue weighted by atomic mass is 9.98. The molecule has 0 spiro atoms. The Bertz CT molecular complexity index is 136. The molecule has 1 aliphatic heterocycles. The molecule has 5 atom stereocenters. The van der Waals surface area contributed by atoms with Crippen LogP contribution in [0.1, 0.15) is 13.8 Å². The van der Waals surface area contributed by atoms with Gasteiger partial charge in [-0.1, -0.05) is 6.92 Å². The first-order valence-corrected chi connectivity index (χ1v) is 3.73. The van der Waals surface area contributed by atoms with Crippen LogP contribution in [0, 0.1) is 5.92 Å². The summed E-state index contributed by atoms with van der Waals surface area (Å²) in [6.07, 6.45) is -3.14. The van der Waals surface area contributed by atoms with Crippen LogP contribution in [0.5, 0.6) is 0 Å². The molecule has 0 bridgehead atoms. The molecule has 0 radical (unpaired) electrons. The lowest BCUT2D eigenvalue weighted by Crippen LogP contribution is -2.30. The molecule has 1 heterocycles. The van der Waals surface area contributed by atoms with Gasteiger partial charge in [-0.15, -0.1) is 0 Å². The molecular formula is C7H14O4. The van der Waals surface area contributed by atoms with Gasteiger partial charge in [0.1, 0.15) is 6.10 Å². The van der Waals surface area contributed by atoms with Crippen LogP contribution in [0.15, 0.2) is 0 Å². The standard InChI is InChI=1S/C7H14O4/c1-3-5(9)7(10)11-6(3)4(2)8/h3-10H,1-2H3. The van der Waals surface area contributed by atoms with Crippen LogP contribution in [0.4, 0.5) is 0 Å². The summed E-state index contributed by atoms with van der Waals surface area (Å²) in [7, 11) is 0. The van der Waals surface area contributed by atoms with Crippen LogP contribution in [0.2, 0.25) is 0 Å². The molecule has 5 unspecified atom stereocenters. The lowest BCUT2D eigenvalue weighted by Gasteiger charge is -2.17. The van der Waals surface area contributed by atoms with Crippen LogP contribution >= 0.6 is 0 Å². The van der Waals surface area contributed by atoms with Crippen molar-refractivity contribution in [3.63, 3.8) is 0 Å². The smallest absolute Gasteiger partial charge is 0.181 e. The van der Waals surface area contributed by atoms with E-state index in [1.807, 2.05) is 0 Å². The SMILES string of the molecule is CC(O)C1OC(O)C(O)C1C. The summed E-state index contributed by atoms with van der Waals surface area (Å²) >= 11 is 0. The van der Waals surface area contributed by atoms with Crippen LogP contribution < -0.4 is 0 Å². The van der Waals surface area contributed by atoms with Crippen molar-refractivity contribution < 1.29 is 20.1 Å². The minimum absolute atomic E-state index is 0.218. The fraction of sp³-hybridized carbons (Fsp3) is 1.00. The molecule has 66 valence electrons. The van der Waals surface area contributed by atoms with Crippen molar-refractivity contribution in [1.82, 2.24) is 0 Å². The first-order chi connectivity index (χ1) is 5.04. The molecule has 4 heteroatoms. The third-order valence-electron chi connectivity index (χ3n) is 2.12. The number of hydrogen-bond acceptors (Lipinski definition) is 4. The van der Waals surface area contributed by atoms with Gasteiger partial charge in [-0.05, 0) is 6.92 Å². The van der Waals surface area contributed by atoms with Gasteiger partial charge in [0.25, 0.3) is 0 Å². The second-order valence-electron chi connectivity index (χ2n) is 3.08. The van der Waals surface area contributed by atoms with E-state index in [9.17, 15) is 5.11 Å². The van der Waals surface area contributed by atoms with Crippen molar-refractivity contribution >= 4 is 0 Å². The monoisotopic (exact) mass is 162 g/mol. The van der Waals surface area contributed by atoms with Crippen LogP contribution in [0.3, 0.4) is 0 Å². The molecule has 11 heavy (non-hydrogen) atoms. The molecule has 0 amide bonds. The van der Waals surface area contributed by atoms with Gasteiger partial charge in [0.2, 0.25) is 0 Å². The van der Waals surface area contributed by atoms with E-state index in [2.05, 4.69) is 0 Å². The summed E-state index contributed by atoms with van der Waals surface area (Å²) in [6, 6.07) is 0. The molecule has 0 aromatic rings. The fourth-order valence-electron chi connectivity index (χ4n) is 1.37. The van der Waals surface area contributed by atoms with Gasteiger partial charge in [-0.3, -0.25) is 0 Å². The molecule has 3 N–H and O–H groups in total. The van der Waals surface area contributed by atoms with Gasteiger partial charge >= 0.3 is 0 Å². The molecule has 1 fully saturated rings. The third kappa shape index (κ3) is 1.54. The topological polar surface area (TPSA) is 69.9 Å². The van der Waals surface area contributed by atoms with Crippen molar-refractivity contribution in [2.24, 2.45) is 5.92 Å². The normalized spacial score (nSPS) is 47.7. The fourth-order valence-corrected chi connectivity index (χ4v) is 1.37. The minimum atomic E-state index is -1.15. The summed E-state index contributed by atoms with van der Waals surface area (Å²) < 4.78 is 4.90. The van der Waals surface area contributed by atoms with E-state index in [1.54, 1.807) is 13.8 Å². The molecule has 1 rings (SSSR count). The second-order valence-corrected chi connectivity index (χ2v) is 3.08. The molecule has 0 saturated carbocycles. The highest BCUT2D eigenvalue weighted by molar-refractivity contribution is 4.85. The first kappa shape index (κ1) is 8.93. The van der Waals surface area contributed by atoms with E-state index in [4.69, 9.17) is 14.9 Å². The van der Waals surface area contributed by atoms with E-state index in [-0.39, 0.29) is 5.92 Å². The maximum atomic E-state index is 9.20. The highest BCUT2D eigenvalue weighted by Gasteiger charge is 2.41. The Morgan fingerprint density at radius 3 is 2.09 bits per heavy atom. The summed E-state index contributed by atoms with van der Waals surface area (Å²) in [5, 5.41) is 27.3. The van der Waals surface area contributed by atoms with Gasteiger partial charge < -0.3 is 20.1 Å². The van der Waals surface area contributed by atoms with Gasteiger partial charge in [0, 0.05) is 5.92 Å². The van der Waals surface area contributed by atoms with Gasteiger partial charge in [-0.25, -0.2) is 0 Å². The number of aliphatic hydroxyl groups is 3. The van der Waals surface area contributed by atoms with Crippen molar-refractivity contribution in [2.75, 3.05) is 0 Å². The molecule has 0 aromatic carbocycles. The molecule has 0 aromatic heterocycles. The predicted octanol–water partition coefficient (Wildman–Crippen LogP) is -0.919. The largest absolute Gasteiger partial charge is 0.391 e. The highest BCUT2D eigenvalue weighted by Crippen LogP contribution is 2.27. The van der Waals surface area contributed by atoms with E-state index in [0.29, 0.717) is 0 Å². The maximum Gasteiger partial charge on any atom is 0.181 e. The molecule has 1 saturated heterocycles. The Morgan fingerprint density at radius 1 is 1.36 bits per heavy atom. The van der Waals surface area contributed by atoms with Crippen LogP contribution in [-0.4, -0.2) is 39.9 Å². The van der Waals surface area contributed by atoms with Crippen molar-refractivity contribution in [3.8, 4) is 0 Å². The predicted molar refractivity (Wildman–Crippen MR) is 37.7 cm³/mol. The molecule has 1 aliphatic rings. The van der Waals surface area contributed by atoms with E-state index < -0.39 is 24.6 Å². The van der Waals surface area contributed by atoms with Gasteiger partial charge in [0.05, 0.1) is 12.2 Å². The Hall–Kier alpha value is -0.160. The van der Waals surface area contributed by atoms with Gasteiger partial charge in [0.15, 0.2) is 6.29 Å². The van der Waals surface area contributed by atoms with Crippen molar-refractivity contribution in [2.45, 2.75) is 38.4 Å². The maximum absolute atomic E-state index is 9.20. The summed E-state index contributed by atoms with van der Waals surface area (Å²) in [5.74, 6) is -0.218. The second kappa shape index (κ2) is 3.06. The number of ether oxygens (including phenoxy) is 1. The average molecular weight is 162 g/mol. The number of rotatable bonds is 1. The Labute approximate surface area is 65.4 Å². The van der Waals surface area contributed by atoms with Crippen LogP contribution in [0.25, 0.3) is 0 Å². The van der Waals surface area contributed by atoms with E-state index in [1.165, 1.54) is 0 Å². The van der Waals surface area contributed by atoms with E-state index >= 15 is 0 Å². The van der Waals surface area contributed by atoms with Gasteiger partial charge in [-0.2, -0.15) is 0 Å². The molecule has 0 aliphatic carbocycles. The summed E-state index contributed by atoms with van der Waals surface area (Å²) in [4.78, 5) is 0. The van der Waals surface area contributed by atoms with Crippen molar-refractivity contribution in [1.29, 1.82) is 0 Å². The minimum Gasteiger partial charge on any atom is -0.391 e.